The number of nitrogens with one attached hydrogen (secondary N) is 2. The molecule has 36 heavy (non-hydrogen) atoms. The molecule has 0 spiro atoms. The first kappa shape index (κ1) is 24.6. The van der Waals surface area contributed by atoms with E-state index in [-0.39, 0.29) is 11.6 Å². The fourth-order valence-corrected chi connectivity index (χ4v) is 5.91. The molecule has 2 fully saturated rings. The van der Waals surface area contributed by atoms with Gasteiger partial charge in [-0.05, 0) is 48.6 Å². The van der Waals surface area contributed by atoms with E-state index in [0.29, 0.717) is 43.4 Å². The van der Waals surface area contributed by atoms with Gasteiger partial charge < -0.3 is 10.1 Å². The van der Waals surface area contributed by atoms with Crippen molar-refractivity contribution in [2.45, 2.75) is 49.3 Å². The molecule has 3 aromatic rings. The first-order chi connectivity index (χ1) is 17.5. The number of carbonyl (C=O) groups excluding carboxylic acids is 1. The Bertz CT molecular complexity index is 1300. The maximum Gasteiger partial charge on any atom is 0.278 e. The van der Waals surface area contributed by atoms with Crippen LogP contribution in [0.1, 0.15) is 42.5 Å². The number of rotatable bonds is 7. The van der Waals surface area contributed by atoms with Crippen LogP contribution in [0.2, 0.25) is 0 Å². The summed E-state index contributed by atoms with van der Waals surface area (Å²) in [5.74, 6) is -0.0538. The summed E-state index contributed by atoms with van der Waals surface area (Å²) in [4.78, 5) is 26.3. The zero-order chi connectivity index (χ0) is 25.0. The lowest BCUT2D eigenvalue weighted by molar-refractivity contribution is -0.186. The van der Waals surface area contributed by atoms with Gasteiger partial charge in [0, 0.05) is 44.6 Å². The fourth-order valence-electron chi connectivity index (χ4n) is 4.40. The van der Waals surface area contributed by atoms with E-state index >= 15 is 0 Å². The normalized spacial score (nSPS) is 19.7. The number of sulfonamides is 1. The van der Waals surface area contributed by atoms with Crippen molar-refractivity contribution in [2.75, 3.05) is 25.0 Å². The number of anilines is 1. The minimum atomic E-state index is -3.57. The number of hydrogen-bond acceptors (Lipinski definition) is 8. The van der Waals surface area contributed by atoms with Gasteiger partial charge in [-0.2, -0.15) is 4.31 Å². The minimum Gasteiger partial charge on any atom is -0.351 e. The lowest BCUT2D eigenvalue weighted by atomic mass is 10.1. The van der Waals surface area contributed by atoms with Gasteiger partial charge in [-0.15, -0.1) is 0 Å². The van der Waals surface area contributed by atoms with Crippen LogP contribution in [0.5, 0.6) is 0 Å². The molecule has 1 atom stereocenters. The Balaban J connectivity index is 1.13. The van der Waals surface area contributed by atoms with Crippen LogP contribution < -0.4 is 10.8 Å². The van der Waals surface area contributed by atoms with Gasteiger partial charge in [0.25, 0.3) is 5.91 Å². The van der Waals surface area contributed by atoms with Crippen molar-refractivity contribution in [1.82, 2.24) is 19.8 Å². The second kappa shape index (κ2) is 10.9. The highest BCUT2D eigenvalue weighted by Crippen LogP contribution is 2.25. The summed E-state index contributed by atoms with van der Waals surface area (Å²) >= 11 is 0. The van der Waals surface area contributed by atoms with E-state index in [1.165, 1.54) is 16.7 Å². The molecular weight excluding hydrogens is 482 g/mol. The summed E-state index contributed by atoms with van der Waals surface area (Å²) < 4.78 is 33.3. The lowest BCUT2D eigenvalue weighted by Gasteiger charge is -2.31. The molecule has 0 bridgehead atoms. The number of hydroxylamine groups is 1. The summed E-state index contributed by atoms with van der Waals surface area (Å²) in [6.07, 6.45) is 6.39. The Labute approximate surface area is 210 Å². The monoisotopic (exact) mass is 511 g/mol. The van der Waals surface area contributed by atoms with Crippen LogP contribution in [0.15, 0.2) is 59.8 Å². The predicted molar refractivity (Wildman–Crippen MR) is 134 cm³/mol. The van der Waals surface area contributed by atoms with Gasteiger partial charge in [-0.1, -0.05) is 30.3 Å². The summed E-state index contributed by atoms with van der Waals surface area (Å²) in [6.45, 7) is 1.42. The third-order valence-corrected chi connectivity index (χ3v) is 8.38. The molecule has 2 aliphatic rings. The molecule has 2 saturated heterocycles. The molecule has 11 heteroatoms. The lowest BCUT2D eigenvalue weighted by Crippen LogP contribution is -2.42. The highest BCUT2D eigenvalue weighted by molar-refractivity contribution is 7.89. The number of piperidine rings is 1. The largest absolute Gasteiger partial charge is 0.351 e. The van der Waals surface area contributed by atoms with Gasteiger partial charge in [0.05, 0.1) is 10.5 Å². The molecule has 1 aromatic heterocycles. The molecule has 0 radical (unpaired) electrons. The Hall–Kier alpha value is -3.12. The van der Waals surface area contributed by atoms with Gasteiger partial charge in [0.2, 0.25) is 16.0 Å². The van der Waals surface area contributed by atoms with Gasteiger partial charge in [-0.25, -0.2) is 28.7 Å². The standard InChI is InChI=1S/C25H29N5O5S/c31-24(29-35-23-7-3-4-14-34-23)20-16-26-25(27-17-20)28-21-10-12-30(13-11-21)36(32,33)22-9-8-18-5-1-2-6-19(18)15-22/h1-2,5-6,8-9,15-17,21,23H,3-4,7,10-14H2,(H,29,31)(H,26,27,28). The SMILES string of the molecule is O=C(NOC1CCCCO1)c1cnc(NC2CCN(S(=O)(=O)c3ccc4ccccc4c3)CC2)nc1. The highest BCUT2D eigenvalue weighted by atomic mass is 32.2. The van der Waals surface area contributed by atoms with Gasteiger partial charge in [0.15, 0.2) is 6.29 Å². The Morgan fingerprint density at radius 2 is 1.75 bits per heavy atom. The van der Waals surface area contributed by atoms with Crippen LogP contribution in [0.3, 0.4) is 0 Å². The van der Waals surface area contributed by atoms with E-state index in [1.807, 2.05) is 30.3 Å². The van der Waals surface area contributed by atoms with Crippen molar-refractivity contribution in [3.63, 3.8) is 0 Å². The first-order valence-electron chi connectivity index (χ1n) is 12.1. The van der Waals surface area contributed by atoms with Crippen LogP contribution in [0.25, 0.3) is 10.8 Å². The van der Waals surface area contributed by atoms with E-state index in [2.05, 4.69) is 20.8 Å². The van der Waals surface area contributed by atoms with E-state index in [4.69, 9.17) is 9.57 Å². The Morgan fingerprint density at radius 1 is 1.00 bits per heavy atom. The second-order valence-corrected chi connectivity index (χ2v) is 10.9. The van der Waals surface area contributed by atoms with Crippen molar-refractivity contribution in [3.05, 3.63) is 60.4 Å². The molecule has 190 valence electrons. The number of nitrogens with zero attached hydrogens (tertiary/aromatic N) is 3. The van der Waals surface area contributed by atoms with Crippen LogP contribution in [0, 0.1) is 0 Å². The van der Waals surface area contributed by atoms with Crippen molar-refractivity contribution in [2.24, 2.45) is 0 Å². The highest BCUT2D eigenvalue weighted by Gasteiger charge is 2.30. The topological polar surface area (TPSA) is 123 Å². The van der Waals surface area contributed by atoms with Crippen LogP contribution >= 0.6 is 0 Å². The molecule has 2 aliphatic heterocycles. The number of fused-ring (bicyclic) bond motifs is 1. The first-order valence-corrected chi connectivity index (χ1v) is 13.6. The molecule has 2 aromatic carbocycles. The minimum absolute atomic E-state index is 0.0273. The van der Waals surface area contributed by atoms with Gasteiger partial charge in [-0.3, -0.25) is 4.79 Å². The number of benzene rings is 2. The summed E-state index contributed by atoms with van der Waals surface area (Å²) in [6, 6.07) is 13.0. The molecule has 2 N–H and O–H groups in total. The molecule has 3 heterocycles. The average Bonchev–Trinajstić information content (AvgIpc) is 2.93. The fraction of sp³-hybridized carbons (Fsp3) is 0.400. The summed E-state index contributed by atoms with van der Waals surface area (Å²) in [7, 11) is -3.57. The number of amides is 1. The zero-order valence-electron chi connectivity index (χ0n) is 19.8. The average molecular weight is 512 g/mol. The van der Waals surface area contributed by atoms with E-state index < -0.39 is 22.2 Å². The summed E-state index contributed by atoms with van der Waals surface area (Å²) in [5, 5.41) is 5.15. The van der Waals surface area contributed by atoms with Crippen LogP contribution in [0.4, 0.5) is 5.95 Å². The van der Waals surface area contributed by atoms with Crippen molar-refractivity contribution >= 4 is 32.7 Å². The van der Waals surface area contributed by atoms with Crippen molar-refractivity contribution < 1.29 is 22.8 Å². The van der Waals surface area contributed by atoms with Gasteiger partial charge in [0.1, 0.15) is 0 Å². The number of ether oxygens (including phenoxy) is 1. The third kappa shape index (κ3) is 5.65. The molecule has 0 saturated carbocycles. The molecule has 1 unspecified atom stereocenters. The third-order valence-electron chi connectivity index (χ3n) is 6.48. The molecule has 0 aliphatic carbocycles. The predicted octanol–water partition coefficient (Wildman–Crippen LogP) is 3.08. The van der Waals surface area contributed by atoms with Crippen LogP contribution in [-0.4, -0.2) is 60.6 Å². The summed E-state index contributed by atoms with van der Waals surface area (Å²) in [5.41, 5.74) is 2.66. The van der Waals surface area contributed by atoms with Crippen molar-refractivity contribution in [1.29, 1.82) is 0 Å². The smallest absolute Gasteiger partial charge is 0.278 e. The molecule has 1 amide bonds. The number of carbonyl (C=O) groups is 1. The van der Waals surface area contributed by atoms with Crippen molar-refractivity contribution in [3.8, 4) is 0 Å². The number of hydrogen-bond donors (Lipinski definition) is 2. The van der Waals surface area contributed by atoms with E-state index in [9.17, 15) is 13.2 Å². The number of aromatic nitrogens is 2. The Kier molecular flexibility index (Phi) is 7.42. The molecule has 10 nitrogen and oxygen atoms in total. The maximum absolute atomic E-state index is 13.2. The van der Waals surface area contributed by atoms with E-state index in [0.717, 1.165) is 30.0 Å². The molecular formula is C25H29N5O5S. The van der Waals surface area contributed by atoms with E-state index in [1.54, 1.807) is 12.1 Å². The molecule has 5 rings (SSSR count). The Morgan fingerprint density at radius 3 is 2.47 bits per heavy atom. The quantitative estimate of drug-likeness (QED) is 0.464. The second-order valence-electron chi connectivity index (χ2n) is 8.97. The van der Waals surface area contributed by atoms with Crippen LogP contribution in [-0.2, 0) is 19.6 Å². The maximum atomic E-state index is 13.2. The van der Waals surface area contributed by atoms with Gasteiger partial charge >= 0.3 is 0 Å². The zero-order valence-corrected chi connectivity index (χ0v) is 20.6.